The molecule has 1 aromatic heterocycles. The Kier molecular flexibility index (Phi) is 4.27. The maximum atomic E-state index is 12.3. The lowest BCUT2D eigenvalue weighted by Crippen LogP contribution is -2.16. The van der Waals surface area contributed by atoms with Crippen LogP contribution in [0.15, 0.2) is 24.4 Å². The van der Waals surface area contributed by atoms with Crippen molar-refractivity contribution >= 4 is 17.7 Å². The predicted octanol–water partition coefficient (Wildman–Crippen LogP) is 2.23. The predicted molar refractivity (Wildman–Crippen MR) is 81.4 cm³/mol. The molecule has 0 saturated heterocycles. The number of phenols is 1. The normalized spacial score (nSPS) is 9.96. The van der Waals surface area contributed by atoms with Gasteiger partial charge in [0, 0.05) is 11.8 Å². The molecule has 0 aliphatic rings. The van der Waals surface area contributed by atoms with Crippen LogP contribution in [-0.2, 0) is 0 Å². The minimum absolute atomic E-state index is 0.116. The highest BCUT2D eigenvalue weighted by Gasteiger charge is 2.18. The van der Waals surface area contributed by atoms with Crippen LogP contribution in [0.25, 0.3) is 0 Å². The number of carboxylic acid groups (broad SMARTS) is 1. The monoisotopic (exact) mass is 311 g/mol. The minimum atomic E-state index is -1.33. The molecule has 7 nitrogen and oxygen atoms in total. The number of hydrogen-bond acceptors (Lipinski definition) is 5. The van der Waals surface area contributed by atoms with Crippen LogP contribution in [0.4, 0.5) is 5.82 Å². The molecular weight excluding hydrogens is 298 g/mol. The van der Waals surface area contributed by atoms with E-state index in [1.54, 1.807) is 19.9 Å². The van der Waals surface area contributed by atoms with Gasteiger partial charge in [-0.3, -0.25) is 4.79 Å². The van der Waals surface area contributed by atoms with E-state index < -0.39 is 17.6 Å². The summed E-state index contributed by atoms with van der Waals surface area (Å²) in [6, 6.07) is 5.86. The Hall–Kier alpha value is -3.40. The first-order valence-corrected chi connectivity index (χ1v) is 6.58. The Morgan fingerprint density at radius 1 is 1.17 bits per heavy atom. The smallest absolute Gasteiger partial charge is 0.339 e. The van der Waals surface area contributed by atoms with E-state index in [4.69, 9.17) is 10.4 Å². The second-order valence-electron chi connectivity index (χ2n) is 4.94. The summed E-state index contributed by atoms with van der Waals surface area (Å²) >= 11 is 0. The number of aromatic hydroxyl groups is 1. The number of nitrogens with zero attached hydrogens (tertiary/aromatic N) is 2. The van der Waals surface area contributed by atoms with Gasteiger partial charge in [0.15, 0.2) is 0 Å². The van der Waals surface area contributed by atoms with E-state index in [1.165, 1.54) is 12.3 Å². The Balaban J connectivity index is 2.37. The minimum Gasteiger partial charge on any atom is -0.507 e. The summed E-state index contributed by atoms with van der Waals surface area (Å²) in [4.78, 5) is 27.4. The Morgan fingerprint density at radius 2 is 1.87 bits per heavy atom. The van der Waals surface area contributed by atoms with E-state index in [-0.39, 0.29) is 16.9 Å². The first kappa shape index (κ1) is 16.0. The largest absolute Gasteiger partial charge is 0.507 e. The van der Waals surface area contributed by atoms with Gasteiger partial charge in [-0.25, -0.2) is 9.78 Å². The third-order valence-corrected chi connectivity index (χ3v) is 3.26. The molecule has 1 heterocycles. The van der Waals surface area contributed by atoms with Crippen molar-refractivity contribution in [3.8, 4) is 11.8 Å². The van der Waals surface area contributed by atoms with Crippen LogP contribution in [0, 0.1) is 25.2 Å². The van der Waals surface area contributed by atoms with Crippen molar-refractivity contribution in [3.63, 3.8) is 0 Å². The fourth-order valence-corrected chi connectivity index (χ4v) is 2.05. The number of anilines is 1. The molecule has 0 aliphatic heterocycles. The van der Waals surface area contributed by atoms with Gasteiger partial charge in [0.1, 0.15) is 23.2 Å². The van der Waals surface area contributed by atoms with E-state index in [0.717, 1.165) is 6.07 Å². The SMILES string of the molecule is Cc1cc(O)c(C(=O)O)cc1C(=O)Nc1ncc(C#N)cc1C. The quantitative estimate of drug-likeness (QED) is 0.798. The first-order valence-electron chi connectivity index (χ1n) is 6.58. The fourth-order valence-electron chi connectivity index (χ4n) is 2.05. The van der Waals surface area contributed by atoms with Crippen molar-refractivity contribution in [1.29, 1.82) is 5.26 Å². The molecular formula is C16H13N3O4. The van der Waals surface area contributed by atoms with Gasteiger partial charge in [-0.05, 0) is 43.2 Å². The van der Waals surface area contributed by atoms with Crippen LogP contribution in [0.1, 0.15) is 37.4 Å². The highest BCUT2D eigenvalue weighted by atomic mass is 16.4. The zero-order valence-corrected chi connectivity index (χ0v) is 12.4. The summed E-state index contributed by atoms with van der Waals surface area (Å²) in [6.45, 7) is 3.27. The maximum Gasteiger partial charge on any atom is 0.339 e. The van der Waals surface area contributed by atoms with Crippen molar-refractivity contribution < 1.29 is 19.8 Å². The Labute approximate surface area is 131 Å². The van der Waals surface area contributed by atoms with Gasteiger partial charge in [0.25, 0.3) is 5.91 Å². The molecule has 0 bridgehead atoms. The number of hydrogen-bond donors (Lipinski definition) is 3. The van der Waals surface area contributed by atoms with Crippen LogP contribution in [0.2, 0.25) is 0 Å². The number of nitriles is 1. The zero-order chi connectivity index (χ0) is 17.1. The summed E-state index contributed by atoms with van der Waals surface area (Å²) in [7, 11) is 0. The van der Waals surface area contributed by atoms with E-state index in [1.807, 2.05) is 6.07 Å². The van der Waals surface area contributed by atoms with Gasteiger partial charge in [0.05, 0.1) is 5.56 Å². The lowest BCUT2D eigenvalue weighted by molar-refractivity contribution is 0.0693. The number of carbonyl (C=O) groups excluding carboxylic acids is 1. The highest BCUT2D eigenvalue weighted by Crippen LogP contribution is 2.23. The topological polar surface area (TPSA) is 123 Å². The van der Waals surface area contributed by atoms with Crippen molar-refractivity contribution in [2.24, 2.45) is 0 Å². The number of pyridine rings is 1. The van der Waals surface area contributed by atoms with Crippen LogP contribution in [0.5, 0.6) is 5.75 Å². The molecule has 7 heteroatoms. The molecule has 0 spiro atoms. The third-order valence-electron chi connectivity index (χ3n) is 3.26. The molecule has 1 aromatic carbocycles. The van der Waals surface area contributed by atoms with Crippen molar-refractivity contribution in [3.05, 3.63) is 52.2 Å². The first-order chi connectivity index (χ1) is 10.8. The molecule has 116 valence electrons. The number of nitrogens with one attached hydrogen (secondary N) is 1. The molecule has 0 unspecified atom stereocenters. The third kappa shape index (κ3) is 3.27. The summed E-state index contributed by atoms with van der Waals surface area (Å²) in [5, 5.41) is 30.0. The number of aryl methyl sites for hydroxylation is 2. The van der Waals surface area contributed by atoms with Gasteiger partial charge in [-0.2, -0.15) is 5.26 Å². The second kappa shape index (κ2) is 6.15. The molecule has 2 rings (SSSR count). The van der Waals surface area contributed by atoms with Crippen LogP contribution in [-0.4, -0.2) is 27.1 Å². The van der Waals surface area contributed by atoms with Crippen LogP contribution in [0.3, 0.4) is 0 Å². The van der Waals surface area contributed by atoms with E-state index in [2.05, 4.69) is 10.3 Å². The van der Waals surface area contributed by atoms with Gasteiger partial charge in [-0.1, -0.05) is 0 Å². The second-order valence-corrected chi connectivity index (χ2v) is 4.94. The fraction of sp³-hybridized carbons (Fsp3) is 0.125. The van der Waals surface area contributed by atoms with Gasteiger partial charge in [0.2, 0.25) is 0 Å². The number of rotatable bonds is 3. The lowest BCUT2D eigenvalue weighted by Gasteiger charge is -2.11. The molecule has 3 N–H and O–H groups in total. The number of aromatic nitrogens is 1. The van der Waals surface area contributed by atoms with E-state index >= 15 is 0 Å². The summed E-state index contributed by atoms with van der Waals surface area (Å²) in [5.74, 6) is -2.01. The number of carbonyl (C=O) groups is 2. The molecule has 0 atom stereocenters. The standard InChI is InChI=1S/C16H13N3O4/c1-8-4-13(20)12(16(22)23)5-11(8)15(21)19-14-9(2)3-10(6-17)7-18-14/h3-5,7,20H,1-2H3,(H,22,23)(H,18,19,21). The summed E-state index contributed by atoms with van der Waals surface area (Å²) in [5.41, 5.74) is 1.16. The molecule has 0 radical (unpaired) electrons. The van der Waals surface area contributed by atoms with Gasteiger partial charge < -0.3 is 15.5 Å². The summed E-state index contributed by atoms with van der Waals surface area (Å²) in [6.07, 6.45) is 1.33. The Bertz CT molecular complexity index is 853. The average molecular weight is 311 g/mol. The zero-order valence-electron chi connectivity index (χ0n) is 12.4. The maximum absolute atomic E-state index is 12.3. The summed E-state index contributed by atoms with van der Waals surface area (Å²) < 4.78 is 0. The van der Waals surface area contributed by atoms with Crippen LogP contribution >= 0.6 is 0 Å². The van der Waals surface area contributed by atoms with Gasteiger partial charge >= 0.3 is 5.97 Å². The molecule has 0 saturated carbocycles. The number of carboxylic acids is 1. The lowest BCUT2D eigenvalue weighted by atomic mass is 10.0. The van der Waals surface area contributed by atoms with Crippen molar-refractivity contribution in [1.82, 2.24) is 4.98 Å². The van der Waals surface area contributed by atoms with Crippen molar-refractivity contribution in [2.45, 2.75) is 13.8 Å². The Morgan fingerprint density at radius 3 is 2.43 bits per heavy atom. The average Bonchev–Trinajstić information content (AvgIpc) is 2.48. The van der Waals surface area contributed by atoms with Crippen molar-refractivity contribution in [2.75, 3.05) is 5.32 Å². The number of amides is 1. The van der Waals surface area contributed by atoms with E-state index in [0.29, 0.717) is 16.7 Å². The van der Waals surface area contributed by atoms with Gasteiger partial charge in [-0.15, -0.1) is 0 Å². The molecule has 1 amide bonds. The molecule has 0 fully saturated rings. The number of aromatic carboxylic acids is 1. The number of benzene rings is 1. The molecule has 23 heavy (non-hydrogen) atoms. The highest BCUT2D eigenvalue weighted by molar-refractivity contribution is 6.07. The molecule has 2 aromatic rings. The van der Waals surface area contributed by atoms with Crippen LogP contribution < -0.4 is 5.32 Å². The molecule has 0 aliphatic carbocycles. The van der Waals surface area contributed by atoms with E-state index in [9.17, 15) is 14.7 Å².